The van der Waals surface area contributed by atoms with E-state index in [9.17, 15) is 0 Å². The maximum Gasteiger partial charge on any atom is 0.0749 e. The van der Waals surface area contributed by atoms with E-state index < -0.39 is 0 Å². The zero-order valence-corrected chi connectivity index (χ0v) is 12.6. The molecule has 2 aliphatic rings. The fraction of sp³-hybridized carbons (Fsp3) is 0.571. The second-order valence-electron chi connectivity index (χ2n) is 5.63. The lowest BCUT2D eigenvalue weighted by atomic mass is 10.1. The molecule has 5 heteroatoms. The summed E-state index contributed by atoms with van der Waals surface area (Å²) in [4.78, 5) is 4.93. The van der Waals surface area contributed by atoms with Crippen LogP contribution in [-0.2, 0) is 0 Å². The van der Waals surface area contributed by atoms with Gasteiger partial charge in [0.25, 0.3) is 0 Å². The Balaban J connectivity index is 1.93. The van der Waals surface area contributed by atoms with Crippen LogP contribution in [0.15, 0.2) is 12.1 Å². The summed E-state index contributed by atoms with van der Waals surface area (Å²) in [5.74, 6) is 0. The summed E-state index contributed by atoms with van der Waals surface area (Å²) < 4.78 is 0. The Morgan fingerprint density at radius 2 is 1.89 bits per heavy atom. The van der Waals surface area contributed by atoms with Gasteiger partial charge in [-0.3, -0.25) is 4.90 Å². The van der Waals surface area contributed by atoms with Gasteiger partial charge in [0.15, 0.2) is 0 Å². The molecular weight excluding hydrogens is 281 g/mol. The van der Waals surface area contributed by atoms with Gasteiger partial charge in [0.05, 0.1) is 15.7 Å². The Morgan fingerprint density at radius 1 is 1.21 bits per heavy atom. The topological polar surface area (TPSA) is 32.5 Å². The predicted octanol–water partition coefficient (Wildman–Crippen LogP) is 3.25. The SMILES string of the molecule is CC1CN2CCCC2CN1c1c(Cl)cc(N)cc1Cl. The van der Waals surface area contributed by atoms with Crippen molar-refractivity contribution in [3.8, 4) is 0 Å². The van der Waals surface area contributed by atoms with E-state index in [0.717, 1.165) is 18.8 Å². The van der Waals surface area contributed by atoms with Crippen LogP contribution in [0.4, 0.5) is 11.4 Å². The highest BCUT2D eigenvalue weighted by Gasteiger charge is 2.35. The highest BCUT2D eigenvalue weighted by molar-refractivity contribution is 6.39. The molecule has 2 aliphatic heterocycles. The summed E-state index contributed by atoms with van der Waals surface area (Å²) in [5.41, 5.74) is 7.34. The summed E-state index contributed by atoms with van der Waals surface area (Å²) in [5, 5.41) is 1.31. The largest absolute Gasteiger partial charge is 0.399 e. The first-order valence-electron chi connectivity index (χ1n) is 6.81. The van der Waals surface area contributed by atoms with Gasteiger partial charge in [-0.25, -0.2) is 0 Å². The lowest BCUT2D eigenvalue weighted by Crippen LogP contribution is -2.55. The number of fused-ring (bicyclic) bond motifs is 1. The molecule has 2 saturated heterocycles. The highest BCUT2D eigenvalue weighted by atomic mass is 35.5. The summed E-state index contributed by atoms with van der Waals surface area (Å²) in [7, 11) is 0. The molecule has 0 amide bonds. The predicted molar refractivity (Wildman–Crippen MR) is 82.3 cm³/mol. The minimum atomic E-state index is 0.424. The van der Waals surface area contributed by atoms with E-state index in [2.05, 4.69) is 16.7 Å². The molecule has 0 saturated carbocycles. The Labute approximate surface area is 124 Å². The van der Waals surface area contributed by atoms with Crippen LogP contribution in [0, 0.1) is 0 Å². The monoisotopic (exact) mass is 299 g/mol. The fourth-order valence-corrected chi connectivity index (χ4v) is 4.08. The third-order valence-electron chi connectivity index (χ3n) is 4.26. The van der Waals surface area contributed by atoms with Crippen LogP contribution in [0.3, 0.4) is 0 Å². The van der Waals surface area contributed by atoms with Gasteiger partial charge in [-0.1, -0.05) is 23.2 Å². The first-order chi connectivity index (χ1) is 9.06. The van der Waals surface area contributed by atoms with Gasteiger partial charge >= 0.3 is 0 Å². The van der Waals surface area contributed by atoms with Gasteiger partial charge in [-0.2, -0.15) is 0 Å². The van der Waals surface area contributed by atoms with Crippen molar-refractivity contribution in [1.82, 2.24) is 4.90 Å². The second kappa shape index (κ2) is 5.04. The fourth-order valence-electron chi connectivity index (χ4n) is 3.36. The zero-order valence-electron chi connectivity index (χ0n) is 11.1. The van der Waals surface area contributed by atoms with Crippen LogP contribution >= 0.6 is 23.2 Å². The lowest BCUT2D eigenvalue weighted by molar-refractivity contribution is 0.203. The van der Waals surface area contributed by atoms with Crippen LogP contribution in [0.1, 0.15) is 19.8 Å². The quantitative estimate of drug-likeness (QED) is 0.808. The molecule has 2 unspecified atom stereocenters. The van der Waals surface area contributed by atoms with Crippen molar-refractivity contribution in [2.24, 2.45) is 0 Å². The lowest BCUT2D eigenvalue weighted by Gasteiger charge is -2.44. The van der Waals surface area contributed by atoms with Crippen molar-refractivity contribution in [2.45, 2.75) is 31.8 Å². The minimum absolute atomic E-state index is 0.424. The van der Waals surface area contributed by atoms with E-state index in [-0.39, 0.29) is 0 Å². The molecule has 2 N–H and O–H groups in total. The van der Waals surface area contributed by atoms with Crippen molar-refractivity contribution in [2.75, 3.05) is 30.3 Å². The number of hydrogen-bond acceptors (Lipinski definition) is 3. The number of rotatable bonds is 1. The van der Waals surface area contributed by atoms with E-state index in [1.165, 1.54) is 19.4 Å². The van der Waals surface area contributed by atoms with Gasteiger partial charge in [0, 0.05) is 30.9 Å². The van der Waals surface area contributed by atoms with E-state index >= 15 is 0 Å². The van der Waals surface area contributed by atoms with Crippen LogP contribution in [0.25, 0.3) is 0 Å². The Morgan fingerprint density at radius 3 is 2.58 bits per heavy atom. The van der Waals surface area contributed by atoms with Gasteiger partial charge in [-0.05, 0) is 38.4 Å². The zero-order chi connectivity index (χ0) is 13.6. The average Bonchev–Trinajstić information content (AvgIpc) is 2.74. The molecule has 2 fully saturated rings. The van der Waals surface area contributed by atoms with Crippen LogP contribution in [0.5, 0.6) is 0 Å². The molecule has 2 heterocycles. The highest BCUT2D eigenvalue weighted by Crippen LogP contribution is 2.39. The van der Waals surface area contributed by atoms with Gasteiger partial charge in [0.1, 0.15) is 0 Å². The average molecular weight is 300 g/mol. The second-order valence-corrected chi connectivity index (χ2v) is 6.44. The van der Waals surface area contributed by atoms with Crippen molar-refractivity contribution in [3.05, 3.63) is 22.2 Å². The molecule has 3 rings (SSSR count). The Hall–Kier alpha value is -0.640. The molecule has 0 radical (unpaired) electrons. The van der Waals surface area contributed by atoms with E-state index in [1.807, 2.05) is 0 Å². The third-order valence-corrected chi connectivity index (χ3v) is 4.84. The Kier molecular flexibility index (Phi) is 3.54. The molecule has 3 nitrogen and oxygen atoms in total. The first-order valence-corrected chi connectivity index (χ1v) is 7.57. The molecule has 0 bridgehead atoms. The normalized spacial score (nSPS) is 27.6. The molecule has 104 valence electrons. The molecule has 1 aromatic carbocycles. The minimum Gasteiger partial charge on any atom is -0.399 e. The van der Waals surface area contributed by atoms with Gasteiger partial charge < -0.3 is 10.6 Å². The van der Waals surface area contributed by atoms with Crippen LogP contribution in [0.2, 0.25) is 10.0 Å². The number of benzene rings is 1. The molecule has 2 atom stereocenters. The maximum atomic E-state index is 6.36. The summed E-state index contributed by atoms with van der Waals surface area (Å²) in [6.45, 7) is 5.55. The van der Waals surface area contributed by atoms with Crippen LogP contribution < -0.4 is 10.6 Å². The van der Waals surface area contributed by atoms with Crippen LogP contribution in [-0.4, -0.2) is 36.6 Å². The summed E-state index contributed by atoms with van der Waals surface area (Å²) in [6, 6.07) is 4.64. The molecule has 0 aromatic heterocycles. The smallest absolute Gasteiger partial charge is 0.0749 e. The van der Waals surface area contributed by atoms with E-state index in [1.54, 1.807) is 12.1 Å². The van der Waals surface area contributed by atoms with Crippen molar-refractivity contribution >= 4 is 34.6 Å². The number of hydrogen-bond donors (Lipinski definition) is 1. The van der Waals surface area contributed by atoms with Gasteiger partial charge in [-0.15, -0.1) is 0 Å². The van der Waals surface area contributed by atoms with E-state index in [4.69, 9.17) is 28.9 Å². The standard InChI is InChI=1S/C14H19Cl2N3/c1-9-7-18-4-2-3-11(18)8-19(9)14-12(15)5-10(17)6-13(14)16/h5-6,9,11H,2-4,7-8,17H2,1H3. The summed E-state index contributed by atoms with van der Waals surface area (Å²) in [6.07, 6.45) is 2.57. The molecule has 19 heavy (non-hydrogen) atoms. The molecule has 0 aliphatic carbocycles. The van der Waals surface area contributed by atoms with Crippen molar-refractivity contribution in [1.29, 1.82) is 0 Å². The van der Waals surface area contributed by atoms with Crippen molar-refractivity contribution < 1.29 is 0 Å². The number of nitrogens with zero attached hydrogens (tertiary/aromatic N) is 2. The molecule has 0 spiro atoms. The Bertz CT molecular complexity index is 469. The van der Waals surface area contributed by atoms with Crippen molar-refractivity contribution in [3.63, 3.8) is 0 Å². The van der Waals surface area contributed by atoms with E-state index in [0.29, 0.717) is 27.8 Å². The molecular formula is C14H19Cl2N3. The molecule has 1 aromatic rings. The third kappa shape index (κ3) is 2.39. The number of anilines is 2. The number of piperazine rings is 1. The number of nitrogens with two attached hydrogens (primary N) is 1. The van der Waals surface area contributed by atoms with Gasteiger partial charge in [0.2, 0.25) is 0 Å². The number of nitrogen functional groups attached to an aromatic ring is 1. The first kappa shape index (κ1) is 13.3. The number of halogens is 2. The summed E-state index contributed by atoms with van der Waals surface area (Å²) >= 11 is 12.7. The maximum absolute atomic E-state index is 6.36.